The molecular weight excluding hydrogens is 394 g/mol. The number of aromatic nitrogens is 1. The number of nitrogens with zero attached hydrogens (tertiary/aromatic N) is 1. The van der Waals surface area contributed by atoms with Gasteiger partial charge in [-0.15, -0.1) is 0 Å². The highest BCUT2D eigenvalue weighted by molar-refractivity contribution is 8.33. The quantitative estimate of drug-likeness (QED) is 0.299. The highest BCUT2D eigenvalue weighted by Gasteiger charge is 2.19. The molecule has 4 heteroatoms. The molecule has 0 saturated carbocycles. The highest BCUT2D eigenvalue weighted by atomic mass is 32.2. The van der Waals surface area contributed by atoms with Crippen LogP contribution in [0.5, 0.6) is 0 Å². The average molecular weight is 420 g/mol. The highest BCUT2D eigenvalue weighted by Crippen LogP contribution is 2.32. The zero-order valence-corrected chi connectivity index (χ0v) is 19.1. The van der Waals surface area contributed by atoms with Crippen molar-refractivity contribution in [3.05, 3.63) is 82.9 Å². The summed E-state index contributed by atoms with van der Waals surface area (Å²) in [5, 5.41) is 2.29. The molecular formula is C25H25NOS2. The summed E-state index contributed by atoms with van der Waals surface area (Å²) in [4.78, 5) is 13.0. The fourth-order valence-electron chi connectivity index (χ4n) is 3.80. The first-order valence-corrected chi connectivity index (χ1v) is 11.0. The van der Waals surface area contributed by atoms with Crippen LogP contribution in [0.25, 0.3) is 21.8 Å². The third-order valence-electron chi connectivity index (χ3n) is 4.82. The van der Waals surface area contributed by atoms with Crippen LogP contribution in [0, 0.1) is 20.8 Å². The fourth-order valence-corrected chi connectivity index (χ4v) is 5.09. The molecule has 0 radical (unpaired) electrons. The number of rotatable bonds is 1. The Morgan fingerprint density at radius 2 is 1.28 bits per heavy atom. The molecule has 0 bridgehead atoms. The van der Waals surface area contributed by atoms with Crippen molar-refractivity contribution in [3.63, 3.8) is 0 Å². The van der Waals surface area contributed by atoms with Crippen LogP contribution in [0.2, 0.25) is 0 Å². The molecule has 0 N–H and O–H groups in total. The third kappa shape index (κ3) is 4.00. The van der Waals surface area contributed by atoms with Gasteiger partial charge in [-0.3, -0.25) is 9.36 Å². The van der Waals surface area contributed by atoms with Gasteiger partial charge >= 0.3 is 0 Å². The van der Waals surface area contributed by atoms with E-state index in [1.165, 1.54) is 0 Å². The van der Waals surface area contributed by atoms with Crippen molar-refractivity contribution in [1.29, 1.82) is 0 Å². The minimum atomic E-state index is -0.00291. The molecule has 4 rings (SSSR count). The summed E-state index contributed by atoms with van der Waals surface area (Å²) < 4.78 is 2.57. The second kappa shape index (κ2) is 8.93. The lowest BCUT2D eigenvalue weighted by Crippen LogP contribution is -2.10. The molecule has 0 saturated heterocycles. The Hall–Kier alpha value is -2.43. The van der Waals surface area contributed by atoms with E-state index >= 15 is 0 Å². The summed E-state index contributed by atoms with van der Waals surface area (Å²) in [6.45, 7) is 10.0. The van der Waals surface area contributed by atoms with Gasteiger partial charge in [-0.05, 0) is 55.8 Å². The Labute approximate surface area is 181 Å². The number of thiocarbonyl (C=S) groups is 1. The Balaban J connectivity index is 0.00000117. The minimum Gasteiger partial charge on any atom is -0.294 e. The number of aryl methyl sites for hydroxylation is 3. The molecule has 0 aliphatic heterocycles. The number of hydrogen-bond donors (Lipinski definition) is 0. The number of para-hydroxylation sites is 2. The second-order valence-corrected chi connectivity index (χ2v) is 8.41. The maximum absolute atomic E-state index is 13.0. The molecule has 1 heterocycles. The molecule has 0 aliphatic carbocycles. The van der Waals surface area contributed by atoms with Crippen molar-refractivity contribution < 1.29 is 4.79 Å². The smallest absolute Gasteiger partial charge is 0.226 e. The van der Waals surface area contributed by atoms with Crippen molar-refractivity contribution in [1.82, 2.24) is 4.57 Å². The number of carbonyl (C=O) groups is 1. The normalized spacial score (nSPS) is 10.7. The van der Waals surface area contributed by atoms with Gasteiger partial charge in [0.2, 0.25) is 5.12 Å². The predicted octanol–water partition coefficient (Wildman–Crippen LogP) is 7.45. The molecule has 148 valence electrons. The molecule has 0 amide bonds. The largest absolute Gasteiger partial charge is 0.294 e. The summed E-state index contributed by atoms with van der Waals surface area (Å²) >= 11 is 6.85. The van der Waals surface area contributed by atoms with Crippen LogP contribution in [-0.2, 0) is 0 Å². The molecule has 0 fully saturated rings. The molecule has 3 aromatic carbocycles. The van der Waals surface area contributed by atoms with Gasteiger partial charge in [0.25, 0.3) is 0 Å². The van der Waals surface area contributed by atoms with E-state index in [4.69, 9.17) is 12.2 Å². The molecule has 2 nitrogen and oxygen atoms in total. The number of fused-ring (bicyclic) bond motifs is 3. The summed E-state index contributed by atoms with van der Waals surface area (Å²) in [7, 11) is 0. The fraction of sp³-hybridized carbons (Fsp3) is 0.200. The lowest BCUT2D eigenvalue weighted by atomic mass is 10.0. The van der Waals surface area contributed by atoms with Crippen LogP contribution < -0.4 is 0 Å². The van der Waals surface area contributed by atoms with Crippen LogP contribution in [0.3, 0.4) is 0 Å². The number of hydrogen-bond acceptors (Lipinski definition) is 3. The van der Waals surface area contributed by atoms with Gasteiger partial charge in [-0.1, -0.05) is 80.2 Å². The summed E-state index contributed by atoms with van der Waals surface area (Å²) in [6.07, 6.45) is 0. The van der Waals surface area contributed by atoms with E-state index in [-0.39, 0.29) is 5.12 Å². The van der Waals surface area contributed by atoms with E-state index in [0.717, 1.165) is 55.8 Å². The number of thioether (sulfide) groups is 1. The minimum absolute atomic E-state index is 0.00291. The van der Waals surface area contributed by atoms with Gasteiger partial charge in [0.15, 0.2) is 4.32 Å². The summed E-state index contributed by atoms with van der Waals surface area (Å²) in [6, 6.07) is 20.4. The van der Waals surface area contributed by atoms with Crippen molar-refractivity contribution >= 4 is 55.2 Å². The third-order valence-corrected chi connectivity index (χ3v) is 6.00. The molecule has 4 aromatic rings. The summed E-state index contributed by atoms with van der Waals surface area (Å²) in [5.74, 6) is 0. The van der Waals surface area contributed by atoms with Crippen molar-refractivity contribution in [2.45, 2.75) is 34.6 Å². The number of carbonyl (C=O) groups excluding carboxylic acids is 1. The Morgan fingerprint density at radius 1 is 0.828 bits per heavy atom. The van der Waals surface area contributed by atoms with Crippen LogP contribution in [-0.4, -0.2) is 14.0 Å². The molecule has 0 unspecified atom stereocenters. The van der Waals surface area contributed by atoms with Gasteiger partial charge < -0.3 is 0 Å². The monoisotopic (exact) mass is 419 g/mol. The van der Waals surface area contributed by atoms with Gasteiger partial charge in [0.05, 0.1) is 11.0 Å². The lowest BCUT2D eigenvalue weighted by molar-refractivity contribution is 0.108. The standard InChI is InChI=1S/C23H19NOS2.C2H6/c1-14-12-15(2)21(16(3)13-14)22(25)27-23(26)24-19-10-6-4-8-17(19)18-9-5-7-11-20(18)24;1-2/h4-13H,1-3H3;1-2H3. The lowest BCUT2D eigenvalue weighted by Gasteiger charge is -2.12. The number of benzene rings is 3. The van der Waals surface area contributed by atoms with E-state index < -0.39 is 0 Å². The van der Waals surface area contributed by atoms with E-state index in [1.54, 1.807) is 0 Å². The van der Waals surface area contributed by atoms with Crippen LogP contribution in [0.4, 0.5) is 0 Å². The first-order chi connectivity index (χ1) is 14.0. The Morgan fingerprint density at radius 3 is 1.76 bits per heavy atom. The van der Waals surface area contributed by atoms with Gasteiger partial charge in [-0.2, -0.15) is 0 Å². The SMILES string of the molecule is CC.Cc1cc(C)c(C(=O)SC(=S)n2c3ccccc3c3ccccc32)c(C)c1. The van der Waals surface area contributed by atoms with E-state index in [1.807, 2.05) is 75.6 Å². The van der Waals surface area contributed by atoms with Gasteiger partial charge in [0.1, 0.15) is 0 Å². The average Bonchev–Trinajstić information content (AvgIpc) is 3.03. The maximum Gasteiger partial charge on any atom is 0.226 e. The second-order valence-electron chi connectivity index (χ2n) is 6.80. The maximum atomic E-state index is 13.0. The van der Waals surface area contributed by atoms with Crippen molar-refractivity contribution in [2.24, 2.45) is 0 Å². The molecule has 0 spiro atoms. The Kier molecular flexibility index (Phi) is 6.56. The molecule has 29 heavy (non-hydrogen) atoms. The Bertz CT molecular complexity index is 1140. The van der Waals surface area contributed by atoms with Crippen molar-refractivity contribution in [2.75, 3.05) is 0 Å². The van der Waals surface area contributed by atoms with Crippen LogP contribution in [0.1, 0.15) is 40.9 Å². The van der Waals surface area contributed by atoms with Gasteiger partial charge in [0, 0.05) is 16.3 Å². The van der Waals surface area contributed by atoms with Gasteiger partial charge in [-0.25, -0.2) is 0 Å². The van der Waals surface area contributed by atoms with E-state index in [2.05, 4.69) is 24.3 Å². The molecule has 0 atom stereocenters. The molecule has 0 aliphatic rings. The summed E-state index contributed by atoms with van der Waals surface area (Å²) in [5.41, 5.74) is 5.97. The van der Waals surface area contributed by atoms with E-state index in [9.17, 15) is 4.79 Å². The zero-order chi connectivity index (χ0) is 21.1. The first kappa shape index (κ1) is 21.3. The van der Waals surface area contributed by atoms with Crippen LogP contribution in [0.15, 0.2) is 60.7 Å². The first-order valence-electron chi connectivity index (χ1n) is 9.80. The predicted molar refractivity (Wildman–Crippen MR) is 131 cm³/mol. The molecule has 1 aromatic heterocycles. The van der Waals surface area contributed by atoms with E-state index in [0.29, 0.717) is 4.32 Å². The topological polar surface area (TPSA) is 22.0 Å². The van der Waals surface area contributed by atoms with Crippen LogP contribution >= 0.6 is 24.0 Å². The van der Waals surface area contributed by atoms with Crippen molar-refractivity contribution in [3.8, 4) is 0 Å². The zero-order valence-electron chi connectivity index (χ0n) is 17.4.